The second kappa shape index (κ2) is 11.6. The molecule has 0 spiro atoms. The predicted octanol–water partition coefficient (Wildman–Crippen LogP) is 7.57. The molecule has 156 valence electrons. The van der Waals surface area contributed by atoms with E-state index in [2.05, 4.69) is 68.2 Å². The van der Waals surface area contributed by atoms with E-state index in [1.807, 2.05) is 6.07 Å². The average Bonchev–Trinajstić information content (AvgIpc) is 2.79. The Kier molecular flexibility index (Phi) is 8.59. The summed E-state index contributed by atoms with van der Waals surface area (Å²) in [7, 11) is 0. The summed E-state index contributed by atoms with van der Waals surface area (Å²) in [4.78, 5) is 0. The second-order valence-electron chi connectivity index (χ2n) is 8.75. The van der Waals surface area contributed by atoms with E-state index in [1.54, 1.807) is 0 Å². The van der Waals surface area contributed by atoms with Crippen molar-refractivity contribution in [2.24, 2.45) is 5.92 Å². The Morgan fingerprint density at radius 1 is 0.867 bits per heavy atom. The molecule has 0 atom stereocenters. The van der Waals surface area contributed by atoms with Gasteiger partial charge in [0.2, 0.25) is 0 Å². The minimum Gasteiger partial charge on any atom is -0.192 e. The Bertz CT molecular complexity index is 896. The van der Waals surface area contributed by atoms with Crippen LogP contribution in [0.5, 0.6) is 0 Å². The molecule has 0 amide bonds. The van der Waals surface area contributed by atoms with Crippen LogP contribution >= 0.6 is 0 Å². The first-order valence-corrected chi connectivity index (χ1v) is 11.9. The molecule has 1 aliphatic rings. The van der Waals surface area contributed by atoms with Gasteiger partial charge in [-0.05, 0) is 79.7 Å². The van der Waals surface area contributed by atoms with Gasteiger partial charge in [-0.2, -0.15) is 5.26 Å². The van der Waals surface area contributed by atoms with Crippen LogP contribution in [0.15, 0.2) is 42.5 Å². The fourth-order valence-corrected chi connectivity index (χ4v) is 4.54. The standard InChI is InChI=1S/C29H35N/c1-3-5-6-8-23-11-16-27(17-12-23)28-18-13-24(14-19-28)9-10-25-15-20-26(7-4-2)29(21-25)22-30/h11-12,15-17,20-21,24,28H,3-8,13-14,18-19H2,1-2H3. The molecule has 3 rings (SSSR count). The van der Waals surface area contributed by atoms with E-state index < -0.39 is 0 Å². The van der Waals surface area contributed by atoms with Crippen molar-refractivity contribution in [2.75, 3.05) is 0 Å². The Hall–Kier alpha value is -2.51. The van der Waals surface area contributed by atoms with Crippen molar-refractivity contribution >= 4 is 0 Å². The van der Waals surface area contributed by atoms with Gasteiger partial charge in [-0.1, -0.05) is 75.3 Å². The van der Waals surface area contributed by atoms with Gasteiger partial charge in [-0.25, -0.2) is 0 Å². The summed E-state index contributed by atoms with van der Waals surface area (Å²) in [5.74, 6) is 8.00. The molecule has 0 unspecified atom stereocenters. The maximum absolute atomic E-state index is 9.40. The SMILES string of the molecule is CCCCCc1ccc(C2CCC(C#Cc3ccc(CCC)c(C#N)c3)CC2)cc1. The summed E-state index contributed by atoms with van der Waals surface area (Å²) in [5.41, 5.74) is 5.89. The molecule has 2 aromatic carbocycles. The molecule has 0 radical (unpaired) electrons. The van der Waals surface area contributed by atoms with Crippen LogP contribution in [0.3, 0.4) is 0 Å². The Labute approximate surface area is 183 Å². The first kappa shape index (κ1) is 22.2. The third-order valence-electron chi connectivity index (χ3n) is 6.42. The van der Waals surface area contributed by atoms with Crippen LogP contribution in [0.4, 0.5) is 0 Å². The average molecular weight is 398 g/mol. The topological polar surface area (TPSA) is 23.8 Å². The lowest BCUT2D eigenvalue weighted by Gasteiger charge is -2.26. The van der Waals surface area contributed by atoms with Crippen molar-refractivity contribution in [3.05, 3.63) is 70.3 Å². The maximum atomic E-state index is 9.40. The fraction of sp³-hybridized carbons (Fsp3) is 0.483. The van der Waals surface area contributed by atoms with Crippen LogP contribution in [0, 0.1) is 29.1 Å². The molecule has 30 heavy (non-hydrogen) atoms. The Balaban J connectivity index is 1.53. The lowest BCUT2D eigenvalue weighted by atomic mass is 9.78. The van der Waals surface area contributed by atoms with Crippen LogP contribution in [-0.4, -0.2) is 0 Å². The number of nitriles is 1. The minimum absolute atomic E-state index is 0.482. The van der Waals surface area contributed by atoms with Gasteiger partial charge in [-0.3, -0.25) is 0 Å². The highest BCUT2D eigenvalue weighted by Gasteiger charge is 2.21. The molecule has 1 fully saturated rings. The molecule has 1 aliphatic carbocycles. The number of rotatable bonds is 7. The summed E-state index contributed by atoms with van der Waals surface area (Å²) in [6.07, 6.45) is 12.0. The zero-order valence-electron chi connectivity index (χ0n) is 18.7. The molecule has 1 nitrogen and oxygen atoms in total. The molecule has 0 N–H and O–H groups in total. The monoisotopic (exact) mass is 397 g/mol. The third kappa shape index (κ3) is 6.24. The highest BCUT2D eigenvalue weighted by Crippen LogP contribution is 2.35. The molecule has 1 heteroatoms. The minimum atomic E-state index is 0.482. The van der Waals surface area contributed by atoms with E-state index in [0.29, 0.717) is 11.8 Å². The highest BCUT2D eigenvalue weighted by molar-refractivity contribution is 5.46. The smallest absolute Gasteiger partial charge is 0.0994 e. The van der Waals surface area contributed by atoms with Crippen LogP contribution in [0.2, 0.25) is 0 Å². The van der Waals surface area contributed by atoms with Crippen LogP contribution in [0.25, 0.3) is 0 Å². The first-order valence-electron chi connectivity index (χ1n) is 11.9. The van der Waals surface area contributed by atoms with Gasteiger partial charge < -0.3 is 0 Å². The van der Waals surface area contributed by atoms with Gasteiger partial charge >= 0.3 is 0 Å². The van der Waals surface area contributed by atoms with E-state index in [9.17, 15) is 5.26 Å². The summed E-state index contributed by atoms with van der Waals surface area (Å²) in [6, 6.07) is 17.9. The van der Waals surface area contributed by atoms with E-state index in [1.165, 1.54) is 62.5 Å². The van der Waals surface area contributed by atoms with Crippen molar-refractivity contribution in [1.29, 1.82) is 5.26 Å². The molecular formula is C29H35N. The quantitative estimate of drug-likeness (QED) is 0.349. The van der Waals surface area contributed by atoms with Crippen molar-refractivity contribution in [1.82, 2.24) is 0 Å². The lowest BCUT2D eigenvalue weighted by Crippen LogP contribution is -2.12. The number of nitrogens with zero attached hydrogens (tertiary/aromatic N) is 1. The van der Waals surface area contributed by atoms with Gasteiger partial charge in [0.15, 0.2) is 0 Å². The Morgan fingerprint density at radius 3 is 2.30 bits per heavy atom. The van der Waals surface area contributed by atoms with Gasteiger partial charge in [0.25, 0.3) is 0 Å². The van der Waals surface area contributed by atoms with Crippen molar-refractivity contribution in [3.63, 3.8) is 0 Å². The first-order chi connectivity index (χ1) is 14.7. The van der Waals surface area contributed by atoms with Gasteiger partial charge in [0, 0.05) is 11.5 Å². The normalized spacial score (nSPS) is 18.3. The summed E-state index contributed by atoms with van der Waals surface area (Å²) in [6.45, 7) is 4.41. The van der Waals surface area contributed by atoms with E-state index in [4.69, 9.17) is 0 Å². The van der Waals surface area contributed by atoms with E-state index >= 15 is 0 Å². The zero-order chi connectivity index (χ0) is 21.2. The molecule has 0 aromatic heterocycles. The molecular weight excluding hydrogens is 362 g/mol. The van der Waals surface area contributed by atoms with Crippen molar-refractivity contribution in [2.45, 2.75) is 84.0 Å². The molecule has 1 saturated carbocycles. The lowest BCUT2D eigenvalue weighted by molar-refractivity contribution is 0.384. The molecule has 0 saturated heterocycles. The zero-order valence-corrected chi connectivity index (χ0v) is 18.7. The fourth-order valence-electron chi connectivity index (χ4n) is 4.54. The summed E-state index contributed by atoms with van der Waals surface area (Å²) < 4.78 is 0. The van der Waals surface area contributed by atoms with Crippen molar-refractivity contribution in [3.8, 4) is 17.9 Å². The van der Waals surface area contributed by atoms with E-state index in [0.717, 1.165) is 29.5 Å². The maximum Gasteiger partial charge on any atom is 0.0994 e. The predicted molar refractivity (Wildman–Crippen MR) is 126 cm³/mol. The van der Waals surface area contributed by atoms with Gasteiger partial charge in [0.1, 0.15) is 0 Å². The van der Waals surface area contributed by atoms with Gasteiger partial charge in [0.05, 0.1) is 11.6 Å². The molecule has 0 bridgehead atoms. The largest absolute Gasteiger partial charge is 0.192 e. The number of unbranched alkanes of at least 4 members (excludes halogenated alkanes) is 2. The molecule has 0 aliphatic heterocycles. The van der Waals surface area contributed by atoms with Gasteiger partial charge in [-0.15, -0.1) is 0 Å². The van der Waals surface area contributed by atoms with Crippen LogP contribution in [0.1, 0.15) is 98.9 Å². The third-order valence-corrected chi connectivity index (χ3v) is 6.42. The highest BCUT2D eigenvalue weighted by atomic mass is 14.3. The van der Waals surface area contributed by atoms with Crippen LogP contribution in [-0.2, 0) is 12.8 Å². The van der Waals surface area contributed by atoms with E-state index in [-0.39, 0.29) is 0 Å². The number of benzene rings is 2. The summed E-state index contributed by atoms with van der Waals surface area (Å²) >= 11 is 0. The number of aryl methyl sites for hydroxylation is 2. The number of hydrogen-bond donors (Lipinski definition) is 0. The Morgan fingerprint density at radius 2 is 1.63 bits per heavy atom. The molecule has 0 heterocycles. The number of hydrogen-bond acceptors (Lipinski definition) is 1. The second-order valence-corrected chi connectivity index (χ2v) is 8.75. The van der Waals surface area contributed by atoms with Crippen molar-refractivity contribution < 1.29 is 0 Å². The molecule has 2 aromatic rings. The van der Waals surface area contributed by atoms with Crippen LogP contribution < -0.4 is 0 Å². The summed E-state index contributed by atoms with van der Waals surface area (Å²) in [5, 5.41) is 9.40.